The van der Waals surface area contributed by atoms with E-state index < -0.39 is 18.2 Å². The number of ether oxygens (including phenoxy) is 1. The van der Waals surface area contributed by atoms with E-state index in [-0.39, 0.29) is 24.9 Å². The van der Waals surface area contributed by atoms with Crippen LogP contribution in [0, 0.1) is 0 Å². The molecule has 0 aliphatic heterocycles. The van der Waals surface area contributed by atoms with Crippen LogP contribution in [-0.2, 0) is 14.3 Å². The number of nitrogens with one attached hydrogen (secondary N) is 1. The summed E-state index contributed by atoms with van der Waals surface area (Å²) in [6.45, 7) is 6.42. The van der Waals surface area contributed by atoms with Crippen LogP contribution in [0.2, 0.25) is 0 Å². The molecule has 3 N–H and O–H groups in total. The molecular weight excluding hydrogens is 743 g/mol. The van der Waals surface area contributed by atoms with Crippen molar-refractivity contribution in [3.8, 4) is 0 Å². The summed E-state index contributed by atoms with van der Waals surface area (Å²) in [7, 11) is 0. The molecule has 0 aromatic carbocycles. The number of amides is 1. The first-order valence-electron chi connectivity index (χ1n) is 26.2. The molecule has 0 aromatic heterocycles. The van der Waals surface area contributed by atoms with Crippen LogP contribution >= 0.6 is 0 Å². The number of rotatable bonds is 47. The van der Waals surface area contributed by atoms with Gasteiger partial charge in [0.05, 0.1) is 25.2 Å². The van der Waals surface area contributed by atoms with Crippen LogP contribution in [-0.4, -0.2) is 46.9 Å². The molecule has 6 heteroatoms. The minimum absolute atomic E-state index is 0.0433. The summed E-state index contributed by atoms with van der Waals surface area (Å²) < 4.78 is 5.89. The van der Waals surface area contributed by atoms with Crippen LogP contribution < -0.4 is 5.32 Å². The molecule has 352 valence electrons. The minimum Gasteiger partial charge on any atom is -0.462 e. The molecule has 3 atom stereocenters. The van der Waals surface area contributed by atoms with Crippen molar-refractivity contribution in [3.63, 3.8) is 0 Å². The molecule has 0 saturated heterocycles. The van der Waals surface area contributed by atoms with Gasteiger partial charge in [-0.3, -0.25) is 9.59 Å². The van der Waals surface area contributed by atoms with E-state index in [4.69, 9.17) is 4.74 Å². The lowest BCUT2D eigenvalue weighted by Gasteiger charge is -2.24. The number of aliphatic hydroxyl groups excluding tert-OH is 2. The number of unbranched alkanes of at least 4 members (excludes halogenated alkanes) is 30. The molecule has 0 aliphatic carbocycles. The smallest absolute Gasteiger partial charge is 0.306 e. The Balaban J connectivity index is 4.54. The lowest BCUT2D eigenvalue weighted by molar-refractivity contribution is -0.151. The zero-order valence-electron chi connectivity index (χ0n) is 40.1. The molecule has 60 heavy (non-hydrogen) atoms. The standard InChI is InChI=1S/C54H101NO5/c1-4-7-10-13-16-19-22-24-26-27-28-30-32-34-37-40-43-46-52(57)51(49-56)55-53(58)48-50(60-54(59)47-44-41-38-35-21-18-15-12-9-6-3)45-42-39-36-33-31-29-25-23-20-17-14-11-8-5-2/h12,15,29,31,33,36,50-52,56-57H,4-11,13-14,16-28,30,32,34-35,37-49H2,1-3H3,(H,55,58)/b15-12-,31-29+,36-33+. The molecule has 0 spiro atoms. The maximum absolute atomic E-state index is 13.2. The summed E-state index contributed by atoms with van der Waals surface area (Å²) in [5, 5.41) is 23.8. The second kappa shape index (κ2) is 48.1. The number of esters is 1. The topological polar surface area (TPSA) is 95.9 Å². The van der Waals surface area contributed by atoms with Gasteiger partial charge in [-0.25, -0.2) is 0 Å². The van der Waals surface area contributed by atoms with E-state index in [1.165, 1.54) is 154 Å². The third-order valence-electron chi connectivity index (χ3n) is 12.0. The molecule has 1 amide bonds. The number of hydrogen-bond donors (Lipinski definition) is 3. The predicted molar refractivity (Wildman–Crippen MR) is 259 cm³/mol. The average Bonchev–Trinajstić information content (AvgIpc) is 3.24. The van der Waals surface area contributed by atoms with E-state index >= 15 is 0 Å². The van der Waals surface area contributed by atoms with Gasteiger partial charge in [0, 0.05) is 6.42 Å². The highest BCUT2D eigenvalue weighted by molar-refractivity contribution is 5.77. The Labute approximate surface area is 373 Å². The Bertz CT molecular complexity index is 993. The normalized spacial score (nSPS) is 13.5. The fraction of sp³-hybridized carbons (Fsp3) is 0.852. The molecule has 3 unspecified atom stereocenters. The van der Waals surface area contributed by atoms with Gasteiger partial charge < -0.3 is 20.3 Å². The summed E-state index contributed by atoms with van der Waals surface area (Å²) in [5.74, 6) is -0.526. The van der Waals surface area contributed by atoms with Crippen LogP contribution in [0.3, 0.4) is 0 Å². The van der Waals surface area contributed by atoms with Gasteiger partial charge in [-0.15, -0.1) is 0 Å². The van der Waals surface area contributed by atoms with E-state index in [1.54, 1.807) is 0 Å². The van der Waals surface area contributed by atoms with Crippen molar-refractivity contribution >= 4 is 11.9 Å². The molecule has 0 aliphatic rings. The van der Waals surface area contributed by atoms with Gasteiger partial charge in [0.25, 0.3) is 0 Å². The Hall–Kier alpha value is -1.92. The van der Waals surface area contributed by atoms with E-state index in [1.807, 2.05) is 0 Å². The highest BCUT2D eigenvalue weighted by atomic mass is 16.5. The highest BCUT2D eigenvalue weighted by Crippen LogP contribution is 2.17. The van der Waals surface area contributed by atoms with Crippen LogP contribution in [0.25, 0.3) is 0 Å². The molecule has 6 nitrogen and oxygen atoms in total. The zero-order chi connectivity index (χ0) is 43.8. The molecule has 0 bridgehead atoms. The van der Waals surface area contributed by atoms with Crippen molar-refractivity contribution in [2.24, 2.45) is 0 Å². The van der Waals surface area contributed by atoms with E-state index in [9.17, 15) is 19.8 Å². The predicted octanol–water partition coefficient (Wildman–Crippen LogP) is 15.7. The molecule has 0 fully saturated rings. The largest absolute Gasteiger partial charge is 0.462 e. The monoisotopic (exact) mass is 844 g/mol. The molecule has 0 radical (unpaired) electrons. The van der Waals surface area contributed by atoms with Gasteiger partial charge in [0.15, 0.2) is 0 Å². The second-order valence-corrected chi connectivity index (χ2v) is 17.9. The molecule has 0 heterocycles. The summed E-state index contributed by atoms with van der Waals surface area (Å²) in [5.41, 5.74) is 0. The van der Waals surface area contributed by atoms with Crippen LogP contribution in [0.5, 0.6) is 0 Å². The number of carbonyl (C=O) groups is 2. The lowest BCUT2D eigenvalue weighted by atomic mass is 10.0. The number of hydrogen-bond acceptors (Lipinski definition) is 5. The van der Waals surface area contributed by atoms with Gasteiger partial charge in [-0.05, 0) is 64.2 Å². The van der Waals surface area contributed by atoms with Crippen molar-refractivity contribution in [1.82, 2.24) is 5.32 Å². The fourth-order valence-corrected chi connectivity index (χ4v) is 7.96. The van der Waals surface area contributed by atoms with E-state index in [0.717, 1.165) is 70.6 Å². The maximum Gasteiger partial charge on any atom is 0.306 e. The van der Waals surface area contributed by atoms with Crippen LogP contribution in [0.15, 0.2) is 36.5 Å². The first-order valence-corrected chi connectivity index (χ1v) is 26.2. The third kappa shape index (κ3) is 42.8. The molecule has 0 aromatic rings. The average molecular weight is 844 g/mol. The summed E-state index contributed by atoms with van der Waals surface area (Å²) in [4.78, 5) is 26.1. The minimum atomic E-state index is -0.798. The zero-order valence-corrected chi connectivity index (χ0v) is 40.1. The van der Waals surface area contributed by atoms with E-state index in [2.05, 4.69) is 62.5 Å². The van der Waals surface area contributed by atoms with Gasteiger partial charge in [0.1, 0.15) is 6.10 Å². The van der Waals surface area contributed by atoms with E-state index in [0.29, 0.717) is 19.3 Å². The van der Waals surface area contributed by atoms with Crippen molar-refractivity contribution in [2.75, 3.05) is 6.61 Å². The number of aliphatic hydroxyl groups is 2. The lowest BCUT2D eigenvalue weighted by Crippen LogP contribution is -2.46. The fourth-order valence-electron chi connectivity index (χ4n) is 7.96. The number of allylic oxidation sites excluding steroid dienone is 6. The second-order valence-electron chi connectivity index (χ2n) is 17.9. The SMILES string of the molecule is CCC/C=C\CCCCCCCC(=O)OC(CCC/C=C/C=C/CCCCCCCCC)CC(=O)NC(CO)C(O)CCCCCCCCCCCCCCCCCCC. The highest BCUT2D eigenvalue weighted by Gasteiger charge is 2.24. The van der Waals surface area contributed by atoms with Crippen molar-refractivity contribution in [3.05, 3.63) is 36.5 Å². The first-order chi connectivity index (χ1) is 29.5. The van der Waals surface area contributed by atoms with Crippen LogP contribution in [0.4, 0.5) is 0 Å². The van der Waals surface area contributed by atoms with Crippen molar-refractivity contribution in [2.45, 2.75) is 289 Å². The Kier molecular flexibility index (Phi) is 46.6. The van der Waals surface area contributed by atoms with Crippen molar-refractivity contribution < 1.29 is 24.5 Å². The Morgan fingerprint density at radius 1 is 0.483 bits per heavy atom. The third-order valence-corrected chi connectivity index (χ3v) is 12.0. The molecular formula is C54H101NO5. The summed E-state index contributed by atoms with van der Waals surface area (Å²) >= 11 is 0. The maximum atomic E-state index is 13.2. The van der Waals surface area contributed by atoms with Gasteiger partial charge in [0.2, 0.25) is 5.91 Å². The quantitative estimate of drug-likeness (QED) is 0.0245. The molecule has 0 rings (SSSR count). The van der Waals surface area contributed by atoms with Gasteiger partial charge >= 0.3 is 5.97 Å². The number of carbonyl (C=O) groups excluding carboxylic acids is 2. The summed E-state index contributed by atoms with van der Waals surface area (Å²) in [6.07, 6.45) is 56.4. The van der Waals surface area contributed by atoms with Crippen LogP contribution in [0.1, 0.15) is 271 Å². The van der Waals surface area contributed by atoms with Gasteiger partial charge in [-0.2, -0.15) is 0 Å². The first kappa shape index (κ1) is 58.1. The Morgan fingerprint density at radius 3 is 1.38 bits per heavy atom. The van der Waals surface area contributed by atoms with Crippen molar-refractivity contribution in [1.29, 1.82) is 0 Å². The Morgan fingerprint density at radius 2 is 0.900 bits per heavy atom. The van der Waals surface area contributed by atoms with Gasteiger partial charge in [-0.1, -0.05) is 231 Å². The summed E-state index contributed by atoms with van der Waals surface area (Å²) in [6, 6.07) is -0.715. The molecule has 0 saturated carbocycles.